The van der Waals surface area contributed by atoms with Gasteiger partial charge in [-0.15, -0.1) is 6.42 Å². The maximum absolute atomic E-state index is 11.9. The van der Waals surface area contributed by atoms with Crippen LogP contribution in [0.25, 0.3) is 0 Å². The van der Waals surface area contributed by atoms with Crippen LogP contribution in [0.5, 0.6) is 0 Å². The Bertz CT molecular complexity index is 517. The molecular formula is C12H15NO3S. The zero-order valence-corrected chi connectivity index (χ0v) is 10.4. The summed E-state index contributed by atoms with van der Waals surface area (Å²) < 4.78 is 24.9. The molecule has 0 saturated heterocycles. The predicted octanol–water partition coefficient (Wildman–Crippen LogP) is 0.574. The average molecular weight is 253 g/mol. The molecule has 5 heteroatoms. The van der Waals surface area contributed by atoms with Gasteiger partial charge in [0, 0.05) is 7.05 Å². The van der Waals surface area contributed by atoms with E-state index in [2.05, 4.69) is 5.92 Å². The van der Waals surface area contributed by atoms with Crippen molar-refractivity contribution in [3.63, 3.8) is 0 Å². The predicted molar refractivity (Wildman–Crippen MR) is 66.5 cm³/mol. The van der Waals surface area contributed by atoms with Gasteiger partial charge in [-0.05, 0) is 11.1 Å². The number of terminal acetylenes is 1. The van der Waals surface area contributed by atoms with E-state index in [9.17, 15) is 8.42 Å². The first kappa shape index (κ1) is 13.7. The first-order valence-corrected chi connectivity index (χ1v) is 6.66. The Kier molecular flexibility index (Phi) is 4.70. The van der Waals surface area contributed by atoms with Crippen molar-refractivity contribution < 1.29 is 13.5 Å². The van der Waals surface area contributed by atoms with Crippen molar-refractivity contribution in [2.24, 2.45) is 0 Å². The fraction of sp³-hybridized carbons (Fsp3) is 0.333. The normalized spacial score (nSPS) is 11.4. The molecule has 0 heterocycles. The van der Waals surface area contributed by atoms with E-state index in [1.807, 2.05) is 0 Å². The zero-order chi connectivity index (χ0) is 12.9. The Morgan fingerprint density at radius 2 is 2.06 bits per heavy atom. The summed E-state index contributed by atoms with van der Waals surface area (Å²) in [6, 6.07) is 6.83. The lowest BCUT2D eigenvalue weighted by atomic mass is 10.1. The molecule has 0 amide bonds. The first-order valence-electron chi connectivity index (χ1n) is 5.05. The second-order valence-corrected chi connectivity index (χ2v) is 5.77. The van der Waals surface area contributed by atoms with E-state index in [0.717, 1.165) is 4.31 Å². The second-order valence-electron chi connectivity index (χ2n) is 3.69. The minimum Gasteiger partial charge on any atom is -0.392 e. The lowest BCUT2D eigenvalue weighted by Crippen LogP contribution is -2.28. The van der Waals surface area contributed by atoms with Gasteiger partial charge in [0.1, 0.15) is 0 Å². The van der Waals surface area contributed by atoms with Gasteiger partial charge in [0.25, 0.3) is 0 Å². The second kappa shape index (κ2) is 5.82. The summed E-state index contributed by atoms with van der Waals surface area (Å²) in [5.74, 6) is 2.18. The molecule has 0 atom stereocenters. The van der Waals surface area contributed by atoms with E-state index in [4.69, 9.17) is 11.5 Å². The lowest BCUT2D eigenvalue weighted by molar-refractivity contribution is 0.281. The summed E-state index contributed by atoms with van der Waals surface area (Å²) in [6.45, 7) is -0.0455. The average Bonchev–Trinajstić information content (AvgIpc) is 2.29. The molecule has 1 aromatic rings. The van der Waals surface area contributed by atoms with Gasteiger partial charge < -0.3 is 5.11 Å². The van der Waals surface area contributed by atoms with Crippen LogP contribution >= 0.6 is 0 Å². The molecule has 0 aliphatic rings. The van der Waals surface area contributed by atoms with Crippen LogP contribution in [0, 0.1) is 12.3 Å². The number of benzene rings is 1. The van der Waals surface area contributed by atoms with Crippen LogP contribution in [-0.2, 0) is 22.4 Å². The third kappa shape index (κ3) is 3.86. The van der Waals surface area contributed by atoms with Gasteiger partial charge >= 0.3 is 0 Å². The largest absolute Gasteiger partial charge is 0.392 e. The molecule has 4 nitrogen and oxygen atoms in total. The fourth-order valence-electron chi connectivity index (χ4n) is 1.37. The maximum Gasteiger partial charge on any atom is 0.218 e. The highest BCUT2D eigenvalue weighted by Crippen LogP contribution is 2.11. The molecule has 0 aliphatic heterocycles. The first-order chi connectivity index (χ1) is 7.99. The number of aliphatic hydroxyl groups is 1. The molecule has 1 aromatic carbocycles. The van der Waals surface area contributed by atoms with Gasteiger partial charge in [0.05, 0.1) is 18.9 Å². The Labute approximate surface area is 102 Å². The summed E-state index contributed by atoms with van der Waals surface area (Å²) >= 11 is 0. The van der Waals surface area contributed by atoms with E-state index in [1.165, 1.54) is 7.05 Å². The molecule has 1 rings (SSSR count). The Morgan fingerprint density at radius 1 is 1.41 bits per heavy atom. The monoisotopic (exact) mass is 253 g/mol. The molecule has 0 spiro atoms. The molecule has 0 aliphatic carbocycles. The number of aliphatic hydroxyl groups excluding tert-OH is 1. The molecule has 0 fully saturated rings. The van der Waals surface area contributed by atoms with Gasteiger partial charge in [0.15, 0.2) is 0 Å². The van der Waals surface area contributed by atoms with E-state index in [0.29, 0.717) is 11.1 Å². The maximum atomic E-state index is 11.9. The van der Waals surface area contributed by atoms with Gasteiger partial charge in [-0.1, -0.05) is 30.2 Å². The topological polar surface area (TPSA) is 57.6 Å². The van der Waals surface area contributed by atoms with Gasteiger partial charge in [-0.3, -0.25) is 0 Å². The lowest BCUT2D eigenvalue weighted by Gasteiger charge is -2.14. The van der Waals surface area contributed by atoms with E-state index in [-0.39, 0.29) is 18.9 Å². The number of nitrogens with zero attached hydrogens (tertiary/aromatic N) is 1. The van der Waals surface area contributed by atoms with Crippen molar-refractivity contribution in [1.29, 1.82) is 0 Å². The van der Waals surface area contributed by atoms with Crippen molar-refractivity contribution in [3.05, 3.63) is 35.4 Å². The third-order valence-corrected chi connectivity index (χ3v) is 4.09. The van der Waals surface area contributed by atoms with Gasteiger partial charge in [0.2, 0.25) is 10.0 Å². The van der Waals surface area contributed by atoms with Crippen LogP contribution in [0.2, 0.25) is 0 Å². The minimum atomic E-state index is -3.39. The Hall–Kier alpha value is -1.35. The van der Waals surface area contributed by atoms with E-state index in [1.54, 1.807) is 24.3 Å². The molecule has 0 bridgehead atoms. The van der Waals surface area contributed by atoms with Crippen LogP contribution in [0.3, 0.4) is 0 Å². The SMILES string of the molecule is C#CCN(C)S(=O)(=O)Cc1cccc(CO)c1. The highest BCUT2D eigenvalue weighted by atomic mass is 32.2. The standard InChI is InChI=1S/C12H15NO3S/c1-3-7-13(2)17(15,16)10-12-6-4-5-11(8-12)9-14/h1,4-6,8,14H,7,9-10H2,2H3. The van der Waals surface area contributed by atoms with Crippen LogP contribution in [-0.4, -0.2) is 31.4 Å². The molecule has 0 radical (unpaired) electrons. The number of rotatable bonds is 5. The van der Waals surface area contributed by atoms with E-state index < -0.39 is 10.0 Å². The fourth-order valence-corrected chi connectivity index (χ4v) is 2.46. The van der Waals surface area contributed by atoms with Crippen LogP contribution in [0.4, 0.5) is 0 Å². The third-order valence-electron chi connectivity index (χ3n) is 2.31. The van der Waals surface area contributed by atoms with Crippen molar-refractivity contribution in [2.75, 3.05) is 13.6 Å². The van der Waals surface area contributed by atoms with Gasteiger partial charge in [-0.25, -0.2) is 8.42 Å². The Balaban J connectivity index is 2.87. The van der Waals surface area contributed by atoms with Crippen LogP contribution in [0.1, 0.15) is 11.1 Å². The quantitative estimate of drug-likeness (QED) is 0.781. The summed E-state index contributed by atoms with van der Waals surface area (Å²) in [5.41, 5.74) is 1.33. The van der Waals surface area contributed by atoms with Crippen molar-refractivity contribution in [1.82, 2.24) is 4.31 Å². The minimum absolute atomic E-state index is 0.0576. The molecular weight excluding hydrogens is 238 g/mol. The summed E-state index contributed by atoms with van der Waals surface area (Å²) in [7, 11) is -1.94. The van der Waals surface area contributed by atoms with Crippen molar-refractivity contribution in [3.8, 4) is 12.3 Å². The Morgan fingerprint density at radius 3 is 2.65 bits per heavy atom. The molecule has 92 valence electrons. The molecule has 0 aromatic heterocycles. The van der Waals surface area contributed by atoms with E-state index >= 15 is 0 Å². The van der Waals surface area contributed by atoms with Crippen LogP contribution < -0.4 is 0 Å². The smallest absolute Gasteiger partial charge is 0.218 e. The highest BCUT2D eigenvalue weighted by molar-refractivity contribution is 7.88. The van der Waals surface area contributed by atoms with Crippen molar-refractivity contribution in [2.45, 2.75) is 12.4 Å². The number of hydrogen-bond donors (Lipinski definition) is 1. The van der Waals surface area contributed by atoms with Gasteiger partial charge in [-0.2, -0.15) is 4.31 Å². The van der Waals surface area contributed by atoms with Crippen LogP contribution in [0.15, 0.2) is 24.3 Å². The summed E-state index contributed by atoms with van der Waals surface area (Å²) in [4.78, 5) is 0. The highest BCUT2D eigenvalue weighted by Gasteiger charge is 2.17. The van der Waals surface area contributed by atoms with Crippen molar-refractivity contribution >= 4 is 10.0 Å². The summed E-state index contributed by atoms with van der Waals surface area (Å²) in [5, 5.41) is 8.97. The number of sulfonamides is 1. The molecule has 1 N–H and O–H groups in total. The number of hydrogen-bond acceptors (Lipinski definition) is 3. The molecule has 0 saturated carbocycles. The summed E-state index contributed by atoms with van der Waals surface area (Å²) in [6.07, 6.45) is 5.08. The molecule has 17 heavy (non-hydrogen) atoms. The molecule has 0 unspecified atom stereocenters. The zero-order valence-electron chi connectivity index (χ0n) is 9.63.